The lowest BCUT2D eigenvalue weighted by Crippen LogP contribution is -2.54. The molecule has 8 heteroatoms. The van der Waals surface area contributed by atoms with Crippen molar-refractivity contribution in [3.63, 3.8) is 0 Å². The zero-order valence-electron chi connectivity index (χ0n) is 17.9. The summed E-state index contributed by atoms with van der Waals surface area (Å²) < 4.78 is 12.8. The molecule has 1 saturated heterocycles. The molecule has 3 rings (SSSR count). The standard InChI is InChI=1S/C22H25N3O4S/c1-12(2)24-13(3)9-15(14(24)4)10-17-20(26)23-22(30)25(21(17)27)18-8-7-16(28-5)11-19(18)29-6/h7-12H,1-6H3,(H,23,26,30)/b17-10-. The van der Waals surface area contributed by atoms with E-state index in [1.165, 1.54) is 12.0 Å². The summed E-state index contributed by atoms with van der Waals surface area (Å²) in [4.78, 5) is 27.2. The van der Waals surface area contributed by atoms with Crippen molar-refractivity contribution in [1.29, 1.82) is 0 Å². The number of carbonyl (C=O) groups excluding carboxylic acids is 2. The van der Waals surface area contributed by atoms with Gasteiger partial charge in [-0.2, -0.15) is 0 Å². The van der Waals surface area contributed by atoms with E-state index < -0.39 is 11.8 Å². The number of aryl methyl sites for hydroxylation is 1. The first-order valence-electron chi connectivity index (χ1n) is 9.51. The maximum Gasteiger partial charge on any atom is 0.270 e. The number of hydrogen-bond acceptors (Lipinski definition) is 5. The van der Waals surface area contributed by atoms with E-state index in [0.29, 0.717) is 17.2 Å². The van der Waals surface area contributed by atoms with Gasteiger partial charge in [-0.15, -0.1) is 0 Å². The van der Waals surface area contributed by atoms with Gasteiger partial charge in [0.15, 0.2) is 5.11 Å². The van der Waals surface area contributed by atoms with Crippen LogP contribution in [0.25, 0.3) is 6.08 Å². The van der Waals surface area contributed by atoms with E-state index in [2.05, 4.69) is 23.7 Å². The van der Waals surface area contributed by atoms with Crippen LogP contribution in [0.5, 0.6) is 11.5 Å². The molecule has 1 aliphatic rings. The van der Waals surface area contributed by atoms with Gasteiger partial charge in [-0.3, -0.25) is 14.9 Å². The second kappa shape index (κ2) is 8.31. The molecule has 0 atom stereocenters. The molecule has 0 saturated carbocycles. The van der Waals surface area contributed by atoms with Gasteiger partial charge in [-0.1, -0.05) is 0 Å². The molecule has 2 amide bonds. The Morgan fingerprint density at radius 2 is 1.80 bits per heavy atom. The summed E-state index contributed by atoms with van der Waals surface area (Å²) in [6.45, 7) is 8.15. The zero-order valence-corrected chi connectivity index (χ0v) is 18.7. The smallest absolute Gasteiger partial charge is 0.270 e. The van der Waals surface area contributed by atoms with Crippen molar-refractivity contribution in [2.75, 3.05) is 19.1 Å². The van der Waals surface area contributed by atoms with Crippen LogP contribution in [-0.2, 0) is 9.59 Å². The number of nitrogens with zero attached hydrogens (tertiary/aromatic N) is 2. The normalized spacial score (nSPS) is 15.8. The van der Waals surface area contributed by atoms with Crippen molar-refractivity contribution < 1.29 is 19.1 Å². The van der Waals surface area contributed by atoms with Crippen LogP contribution in [0.3, 0.4) is 0 Å². The fraction of sp³-hybridized carbons (Fsp3) is 0.318. The topological polar surface area (TPSA) is 72.8 Å². The summed E-state index contributed by atoms with van der Waals surface area (Å²) >= 11 is 5.29. The van der Waals surface area contributed by atoms with E-state index in [1.807, 2.05) is 19.9 Å². The maximum atomic E-state index is 13.3. The molecule has 1 aliphatic heterocycles. The third kappa shape index (κ3) is 3.70. The lowest BCUT2D eigenvalue weighted by molar-refractivity contribution is -0.122. The Kier molecular flexibility index (Phi) is 5.98. The fourth-order valence-corrected chi connectivity index (χ4v) is 4.02. The van der Waals surface area contributed by atoms with Gasteiger partial charge in [-0.05, 0) is 69.8 Å². The molecule has 7 nitrogen and oxygen atoms in total. The number of ether oxygens (including phenoxy) is 2. The molecule has 30 heavy (non-hydrogen) atoms. The first-order valence-corrected chi connectivity index (χ1v) is 9.92. The van der Waals surface area contributed by atoms with Crippen molar-refractivity contribution >= 4 is 40.9 Å². The minimum Gasteiger partial charge on any atom is -0.497 e. The number of thiocarbonyl (C=S) groups is 1. The summed E-state index contributed by atoms with van der Waals surface area (Å²) in [7, 11) is 3.03. The first-order chi connectivity index (χ1) is 14.2. The number of aromatic nitrogens is 1. The number of amides is 2. The molecular weight excluding hydrogens is 402 g/mol. The van der Waals surface area contributed by atoms with Crippen LogP contribution in [-0.4, -0.2) is 35.7 Å². The van der Waals surface area contributed by atoms with E-state index in [0.717, 1.165) is 17.0 Å². The Bertz CT molecular complexity index is 1070. The Hall–Kier alpha value is -3.13. The maximum absolute atomic E-state index is 13.3. The first kappa shape index (κ1) is 21.6. The van der Waals surface area contributed by atoms with Crippen LogP contribution in [0, 0.1) is 13.8 Å². The summed E-state index contributed by atoms with van der Waals surface area (Å²) in [5.74, 6) is -0.0601. The Morgan fingerprint density at radius 1 is 1.10 bits per heavy atom. The lowest BCUT2D eigenvalue weighted by Gasteiger charge is -2.30. The predicted molar refractivity (Wildman–Crippen MR) is 120 cm³/mol. The van der Waals surface area contributed by atoms with Crippen LogP contribution in [0.4, 0.5) is 5.69 Å². The van der Waals surface area contributed by atoms with Crippen LogP contribution in [0.15, 0.2) is 29.8 Å². The third-order valence-corrected chi connectivity index (χ3v) is 5.35. The average molecular weight is 428 g/mol. The molecule has 0 spiro atoms. The van der Waals surface area contributed by atoms with E-state index >= 15 is 0 Å². The van der Waals surface area contributed by atoms with Crippen molar-refractivity contribution in [3.05, 3.63) is 46.8 Å². The quantitative estimate of drug-likeness (QED) is 0.449. The number of benzene rings is 1. The van der Waals surface area contributed by atoms with Crippen molar-refractivity contribution in [3.8, 4) is 11.5 Å². The minimum absolute atomic E-state index is 0.00160. The van der Waals surface area contributed by atoms with Gasteiger partial charge in [0, 0.05) is 23.5 Å². The Labute approximate surface area is 181 Å². The van der Waals surface area contributed by atoms with Gasteiger partial charge in [-0.25, -0.2) is 4.90 Å². The second-order valence-corrected chi connectivity index (χ2v) is 7.67. The molecule has 158 valence electrons. The number of rotatable bonds is 5. The molecule has 0 bridgehead atoms. The van der Waals surface area contributed by atoms with Gasteiger partial charge in [0.2, 0.25) is 0 Å². The highest BCUT2D eigenvalue weighted by atomic mass is 32.1. The van der Waals surface area contributed by atoms with E-state index in [9.17, 15) is 9.59 Å². The molecule has 1 aromatic heterocycles. The highest BCUT2D eigenvalue weighted by molar-refractivity contribution is 7.80. The van der Waals surface area contributed by atoms with Gasteiger partial charge >= 0.3 is 0 Å². The van der Waals surface area contributed by atoms with Crippen LogP contribution < -0.4 is 19.7 Å². The van der Waals surface area contributed by atoms with E-state index in [-0.39, 0.29) is 16.7 Å². The largest absolute Gasteiger partial charge is 0.497 e. The third-order valence-electron chi connectivity index (χ3n) is 5.07. The monoisotopic (exact) mass is 427 g/mol. The van der Waals surface area contributed by atoms with E-state index in [4.69, 9.17) is 21.7 Å². The van der Waals surface area contributed by atoms with Gasteiger partial charge in [0.05, 0.1) is 19.9 Å². The molecule has 1 fully saturated rings. The van der Waals surface area contributed by atoms with Crippen LogP contribution >= 0.6 is 12.2 Å². The van der Waals surface area contributed by atoms with Crippen LogP contribution in [0.2, 0.25) is 0 Å². The summed E-state index contributed by atoms with van der Waals surface area (Å²) in [5.41, 5.74) is 3.28. The molecular formula is C22H25N3O4S. The highest BCUT2D eigenvalue weighted by Crippen LogP contribution is 2.34. The fourth-order valence-electron chi connectivity index (χ4n) is 3.74. The van der Waals surface area contributed by atoms with E-state index in [1.54, 1.807) is 31.4 Å². The predicted octanol–water partition coefficient (Wildman–Crippen LogP) is 3.53. The Balaban J connectivity index is 2.08. The van der Waals surface area contributed by atoms with Gasteiger partial charge < -0.3 is 14.0 Å². The molecule has 2 heterocycles. The summed E-state index contributed by atoms with van der Waals surface area (Å²) in [6.07, 6.45) is 1.61. The molecule has 1 N–H and O–H groups in total. The number of carbonyl (C=O) groups is 2. The number of hydrogen-bond donors (Lipinski definition) is 1. The summed E-state index contributed by atoms with van der Waals surface area (Å²) in [6, 6.07) is 7.25. The van der Waals surface area contributed by atoms with Gasteiger partial charge in [0.1, 0.15) is 17.1 Å². The van der Waals surface area contributed by atoms with Crippen LogP contribution in [0.1, 0.15) is 36.8 Å². The Morgan fingerprint density at radius 3 is 2.37 bits per heavy atom. The molecule has 0 unspecified atom stereocenters. The van der Waals surface area contributed by atoms with Gasteiger partial charge in [0.25, 0.3) is 11.8 Å². The van der Waals surface area contributed by atoms with Crippen molar-refractivity contribution in [2.45, 2.75) is 33.7 Å². The molecule has 1 aromatic carbocycles. The highest BCUT2D eigenvalue weighted by Gasteiger charge is 2.36. The average Bonchev–Trinajstić information content (AvgIpc) is 2.98. The van der Waals surface area contributed by atoms with Crippen molar-refractivity contribution in [1.82, 2.24) is 9.88 Å². The van der Waals surface area contributed by atoms with Crippen molar-refractivity contribution in [2.24, 2.45) is 0 Å². The second-order valence-electron chi connectivity index (χ2n) is 7.29. The molecule has 2 aromatic rings. The zero-order chi connectivity index (χ0) is 22.2. The molecule has 0 radical (unpaired) electrons. The number of nitrogens with one attached hydrogen (secondary N) is 1. The number of anilines is 1. The number of methoxy groups -OCH3 is 2. The minimum atomic E-state index is -0.525. The SMILES string of the molecule is COc1ccc(N2C(=O)/C(=C\c3cc(C)n(C(C)C)c3C)C(=O)NC2=S)c(OC)c1. The lowest BCUT2D eigenvalue weighted by atomic mass is 10.1. The summed E-state index contributed by atoms with van der Waals surface area (Å²) in [5, 5.41) is 2.61. The molecule has 0 aliphatic carbocycles.